The lowest BCUT2D eigenvalue weighted by Gasteiger charge is -2.12. The van der Waals surface area contributed by atoms with Crippen molar-refractivity contribution in [3.63, 3.8) is 0 Å². The molecule has 2 aromatic carbocycles. The first-order valence-electron chi connectivity index (χ1n) is 7.77. The fourth-order valence-corrected chi connectivity index (χ4v) is 2.91. The van der Waals surface area contributed by atoms with Crippen LogP contribution in [-0.2, 0) is 0 Å². The molecular weight excluding hydrogens is 292 g/mol. The van der Waals surface area contributed by atoms with E-state index in [0.29, 0.717) is 12.5 Å². The molecule has 3 aromatic rings. The highest BCUT2D eigenvalue weighted by Gasteiger charge is 2.17. The number of fused-ring (bicyclic) bond motifs is 1. The zero-order valence-electron chi connectivity index (χ0n) is 12.6. The Morgan fingerprint density at radius 3 is 2.78 bits per heavy atom. The van der Waals surface area contributed by atoms with Gasteiger partial charge in [0.2, 0.25) is 0 Å². The van der Waals surface area contributed by atoms with E-state index in [-0.39, 0.29) is 5.75 Å². The lowest BCUT2D eigenvalue weighted by Crippen LogP contribution is -2.15. The number of nitrogens with one attached hydrogen (secondary N) is 2. The van der Waals surface area contributed by atoms with Gasteiger partial charge in [-0.05, 0) is 48.4 Å². The maximum Gasteiger partial charge on any atom is 0.154 e. The molecule has 0 aliphatic carbocycles. The summed E-state index contributed by atoms with van der Waals surface area (Å²) in [6, 6.07) is 11.1. The molecule has 4 rings (SSSR count). The van der Waals surface area contributed by atoms with Crippen molar-refractivity contribution in [3.05, 3.63) is 36.4 Å². The third-order valence-corrected chi connectivity index (χ3v) is 4.22. The van der Waals surface area contributed by atoms with Crippen LogP contribution in [0.25, 0.3) is 22.2 Å². The monoisotopic (exact) mass is 310 g/mol. The van der Waals surface area contributed by atoms with Crippen LogP contribution >= 0.6 is 0 Å². The summed E-state index contributed by atoms with van der Waals surface area (Å²) in [5.74, 6) is 1.53. The number of hydrogen-bond acceptors (Lipinski definition) is 5. The molecule has 1 saturated heterocycles. The minimum absolute atomic E-state index is 0.251. The molecule has 0 bridgehead atoms. The average Bonchev–Trinajstić information content (AvgIpc) is 3.24. The fourth-order valence-electron chi connectivity index (χ4n) is 2.91. The molecule has 1 atom stereocenters. The third kappa shape index (κ3) is 2.85. The van der Waals surface area contributed by atoms with Crippen LogP contribution in [0.1, 0.15) is 6.42 Å². The van der Waals surface area contributed by atoms with Crippen LogP contribution in [0.4, 0.5) is 0 Å². The van der Waals surface area contributed by atoms with E-state index in [0.717, 1.165) is 47.4 Å². The van der Waals surface area contributed by atoms with E-state index in [1.54, 1.807) is 12.1 Å². The first-order valence-corrected chi connectivity index (χ1v) is 7.77. The first-order chi connectivity index (χ1) is 11.3. The summed E-state index contributed by atoms with van der Waals surface area (Å²) in [5, 5.41) is 23.8. The molecule has 0 unspecified atom stereocenters. The lowest BCUT2D eigenvalue weighted by atomic mass is 10.0. The molecule has 1 aliphatic heterocycles. The highest BCUT2D eigenvalue weighted by atomic mass is 16.5. The van der Waals surface area contributed by atoms with E-state index in [9.17, 15) is 5.11 Å². The Bertz CT molecular complexity index is 807. The third-order valence-electron chi connectivity index (χ3n) is 4.22. The zero-order chi connectivity index (χ0) is 15.6. The number of rotatable bonds is 4. The fraction of sp³-hybridized carbons (Fsp3) is 0.294. The van der Waals surface area contributed by atoms with Gasteiger partial charge in [-0.25, -0.2) is 0 Å². The number of ether oxygens (including phenoxy) is 1. The molecule has 0 saturated carbocycles. The Labute approximate surface area is 133 Å². The van der Waals surface area contributed by atoms with Crippen molar-refractivity contribution in [2.24, 2.45) is 5.92 Å². The Balaban J connectivity index is 1.67. The van der Waals surface area contributed by atoms with E-state index >= 15 is 0 Å². The topological polar surface area (TPSA) is 83.1 Å². The van der Waals surface area contributed by atoms with Gasteiger partial charge < -0.3 is 15.2 Å². The summed E-state index contributed by atoms with van der Waals surface area (Å²) >= 11 is 0. The Hall–Kier alpha value is -2.60. The molecule has 1 aliphatic rings. The van der Waals surface area contributed by atoms with Crippen LogP contribution in [0.3, 0.4) is 0 Å². The van der Waals surface area contributed by atoms with E-state index in [1.807, 2.05) is 24.3 Å². The minimum atomic E-state index is 0.251. The number of phenols is 1. The minimum Gasteiger partial charge on any atom is -0.508 e. The normalized spacial score (nSPS) is 17.7. The van der Waals surface area contributed by atoms with E-state index < -0.39 is 0 Å². The number of nitrogens with zero attached hydrogens (tertiary/aromatic N) is 2. The van der Waals surface area contributed by atoms with Gasteiger partial charge in [-0.3, -0.25) is 0 Å². The van der Waals surface area contributed by atoms with Crippen LogP contribution in [0, 0.1) is 5.92 Å². The van der Waals surface area contributed by atoms with Gasteiger partial charge in [-0.2, -0.15) is 15.4 Å². The van der Waals surface area contributed by atoms with Gasteiger partial charge in [0, 0.05) is 12.5 Å². The summed E-state index contributed by atoms with van der Waals surface area (Å²) < 4.78 is 6.04. The van der Waals surface area contributed by atoms with Crippen molar-refractivity contribution in [1.29, 1.82) is 0 Å². The molecule has 1 fully saturated rings. The van der Waals surface area contributed by atoms with Crippen molar-refractivity contribution in [1.82, 2.24) is 20.7 Å². The molecule has 3 N–H and O–H groups in total. The molecule has 0 radical (unpaired) electrons. The Morgan fingerprint density at radius 1 is 1.13 bits per heavy atom. The predicted octanol–water partition coefficient (Wildman–Crippen LogP) is 2.32. The molecule has 1 aromatic heterocycles. The molecule has 0 spiro atoms. The smallest absolute Gasteiger partial charge is 0.154 e. The number of phenolic OH excluding ortho intramolecular Hbond substituents is 1. The summed E-state index contributed by atoms with van der Waals surface area (Å²) in [6.07, 6.45) is 1.14. The van der Waals surface area contributed by atoms with Crippen molar-refractivity contribution in [2.45, 2.75) is 6.42 Å². The van der Waals surface area contributed by atoms with Gasteiger partial charge in [0.1, 0.15) is 17.0 Å². The number of H-pyrrole nitrogens is 1. The summed E-state index contributed by atoms with van der Waals surface area (Å²) in [5.41, 5.74) is 3.51. The van der Waals surface area contributed by atoms with Crippen LogP contribution in [-0.4, -0.2) is 40.2 Å². The number of hydrogen-bond donors (Lipinski definition) is 3. The van der Waals surface area contributed by atoms with Crippen LogP contribution in [0.2, 0.25) is 0 Å². The maximum atomic E-state index is 9.44. The SMILES string of the molecule is Oc1ccc(-c2cc(OC[C@H]3CCNC3)c3n[nH]nc3c2)cc1. The second-order valence-corrected chi connectivity index (χ2v) is 5.88. The molecule has 6 nitrogen and oxygen atoms in total. The zero-order valence-corrected chi connectivity index (χ0v) is 12.6. The highest BCUT2D eigenvalue weighted by molar-refractivity contribution is 5.86. The molecule has 0 amide bonds. The van der Waals surface area contributed by atoms with Crippen LogP contribution in [0.5, 0.6) is 11.5 Å². The standard InChI is InChI=1S/C17H18N4O2/c22-14-3-1-12(2-4-14)13-7-15-17(20-21-19-15)16(8-13)23-10-11-5-6-18-9-11/h1-4,7-8,11,18,22H,5-6,9-10H2,(H,19,20,21)/t11-/m0/s1. The Kier molecular flexibility index (Phi) is 3.59. The van der Waals surface area contributed by atoms with E-state index in [4.69, 9.17) is 4.74 Å². The van der Waals surface area contributed by atoms with Crippen molar-refractivity contribution < 1.29 is 9.84 Å². The molecule has 6 heteroatoms. The first kappa shape index (κ1) is 14.0. The van der Waals surface area contributed by atoms with E-state index in [2.05, 4.69) is 20.7 Å². The number of aromatic hydroxyl groups is 1. The molecule has 23 heavy (non-hydrogen) atoms. The summed E-state index contributed by atoms with van der Waals surface area (Å²) in [7, 11) is 0. The maximum absolute atomic E-state index is 9.44. The average molecular weight is 310 g/mol. The number of aromatic amines is 1. The van der Waals surface area contributed by atoms with Gasteiger partial charge in [0.25, 0.3) is 0 Å². The van der Waals surface area contributed by atoms with Crippen LogP contribution in [0.15, 0.2) is 36.4 Å². The van der Waals surface area contributed by atoms with Gasteiger partial charge in [0.15, 0.2) is 5.52 Å². The molecule has 2 heterocycles. The van der Waals surface area contributed by atoms with Gasteiger partial charge in [-0.15, -0.1) is 0 Å². The molecular formula is C17H18N4O2. The van der Waals surface area contributed by atoms with Gasteiger partial charge >= 0.3 is 0 Å². The van der Waals surface area contributed by atoms with Crippen molar-refractivity contribution >= 4 is 11.0 Å². The number of aromatic nitrogens is 3. The highest BCUT2D eigenvalue weighted by Crippen LogP contribution is 2.31. The predicted molar refractivity (Wildman–Crippen MR) is 87.5 cm³/mol. The quantitative estimate of drug-likeness (QED) is 0.689. The second-order valence-electron chi connectivity index (χ2n) is 5.88. The van der Waals surface area contributed by atoms with Gasteiger partial charge in [0.05, 0.1) is 6.61 Å². The van der Waals surface area contributed by atoms with Crippen molar-refractivity contribution in [3.8, 4) is 22.6 Å². The molecule has 118 valence electrons. The largest absolute Gasteiger partial charge is 0.508 e. The van der Waals surface area contributed by atoms with Crippen molar-refractivity contribution in [2.75, 3.05) is 19.7 Å². The second kappa shape index (κ2) is 5.89. The number of benzene rings is 2. The Morgan fingerprint density at radius 2 is 2.00 bits per heavy atom. The summed E-state index contributed by atoms with van der Waals surface area (Å²) in [6.45, 7) is 2.73. The lowest BCUT2D eigenvalue weighted by molar-refractivity contribution is 0.262. The van der Waals surface area contributed by atoms with Crippen LogP contribution < -0.4 is 10.1 Å². The summed E-state index contributed by atoms with van der Waals surface area (Å²) in [4.78, 5) is 0. The van der Waals surface area contributed by atoms with E-state index in [1.165, 1.54) is 0 Å². The van der Waals surface area contributed by atoms with Gasteiger partial charge in [-0.1, -0.05) is 12.1 Å².